The van der Waals surface area contributed by atoms with Crippen LogP contribution in [0.5, 0.6) is 11.5 Å². The van der Waals surface area contributed by atoms with Crippen LogP contribution in [-0.2, 0) is 6.54 Å². The average Bonchev–Trinajstić information content (AvgIpc) is 3.23. The van der Waals surface area contributed by atoms with Crippen LogP contribution in [0.25, 0.3) is 17.5 Å². The Bertz CT molecular complexity index is 1150. The third kappa shape index (κ3) is 5.03. The van der Waals surface area contributed by atoms with E-state index in [1.165, 1.54) is 30.3 Å². The van der Waals surface area contributed by atoms with Gasteiger partial charge in [0.25, 0.3) is 0 Å². The summed E-state index contributed by atoms with van der Waals surface area (Å²) in [5.41, 5.74) is 1.90. The van der Waals surface area contributed by atoms with Gasteiger partial charge in [0, 0.05) is 23.7 Å². The quantitative estimate of drug-likeness (QED) is 0.396. The number of benzene rings is 2. The van der Waals surface area contributed by atoms with E-state index in [1.54, 1.807) is 32.7 Å². The number of carbonyl (C=O) groups excluding carboxylic acids is 1. The molecule has 8 nitrogen and oxygen atoms in total. The molecule has 2 aromatic carbocycles. The highest BCUT2D eigenvalue weighted by Gasteiger charge is 2.17. The van der Waals surface area contributed by atoms with Crippen molar-refractivity contribution in [1.82, 2.24) is 14.8 Å². The second-order valence-corrected chi connectivity index (χ2v) is 7.58. The van der Waals surface area contributed by atoms with Crippen LogP contribution in [0.4, 0.5) is 0 Å². The predicted octanol–water partition coefficient (Wildman–Crippen LogP) is 4.21. The summed E-state index contributed by atoms with van der Waals surface area (Å²) >= 11 is 0. The molecule has 0 unspecified atom stereocenters. The molecule has 0 bridgehead atoms. The maximum absolute atomic E-state index is 12.6. The maximum Gasteiger partial charge on any atom is 0.335 e. The molecule has 1 aromatic heterocycles. The van der Waals surface area contributed by atoms with E-state index in [4.69, 9.17) is 14.6 Å². The summed E-state index contributed by atoms with van der Waals surface area (Å²) in [4.78, 5) is 23.6. The summed E-state index contributed by atoms with van der Waals surface area (Å²) < 4.78 is 13.0. The monoisotopic (exact) mass is 435 g/mol. The topological polar surface area (TPSA) is 104 Å². The number of allylic oxidation sites excluding steroid dienone is 1. The smallest absolute Gasteiger partial charge is 0.335 e. The molecule has 166 valence electrons. The van der Waals surface area contributed by atoms with Crippen molar-refractivity contribution in [3.05, 3.63) is 65.5 Å². The van der Waals surface area contributed by atoms with Crippen molar-refractivity contribution in [3.63, 3.8) is 0 Å². The standard InChI is InChI=1S/C24H25N3O5/c1-15(2)13-27-14-25-26-23(27)19-11-18(21(31-3)12-22(19)32-4)9-10-20(28)16-5-7-17(8-6-16)24(29)30/h5-12,14-15H,13H2,1-4H3,(H,29,30)/b10-9+. The van der Waals surface area contributed by atoms with Crippen LogP contribution in [0.15, 0.2) is 48.8 Å². The van der Waals surface area contributed by atoms with Gasteiger partial charge < -0.3 is 19.1 Å². The first-order chi connectivity index (χ1) is 15.3. The molecule has 32 heavy (non-hydrogen) atoms. The minimum absolute atomic E-state index is 0.123. The van der Waals surface area contributed by atoms with E-state index in [2.05, 4.69) is 24.0 Å². The van der Waals surface area contributed by atoms with Crippen molar-refractivity contribution in [2.75, 3.05) is 14.2 Å². The highest BCUT2D eigenvalue weighted by Crippen LogP contribution is 2.36. The van der Waals surface area contributed by atoms with Gasteiger partial charge in [-0.05, 0) is 36.3 Å². The Labute approximate surface area is 186 Å². The molecule has 8 heteroatoms. The molecule has 0 fully saturated rings. The zero-order valence-corrected chi connectivity index (χ0v) is 18.4. The Kier molecular flexibility index (Phi) is 7.04. The van der Waals surface area contributed by atoms with Crippen molar-refractivity contribution in [3.8, 4) is 22.9 Å². The fourth-order valence-electron chi connectivity index (χ4n) is 3.26. The van der Waals surface area contributed by atoms with Gasteiger partial charge in [0.05, 0.1) is 25.3 Å². The third-order valence-corrected chi connectivity index (χ3v) is 4.80. The second-order valence-electron chi connectivity index (χ2n) is 7.58. The van der Waals surface area contributed by atoms with Gasteiger partial charge in [-0.3, -0.25) is 4.79 Å². The molecule has 0 aliphatic heterocycles. The van der Waals surface area contributed by atoms with Crippen LogP contribution in [0.1, 0.15) is 40.1 Å². The second kappa shape index (κ2) is 9.91. The summed E-state index contributed by atoms with van der Waals surface area (Å²) in [6.07, 6.45) is 4.75. The highest BCUT2D eigenvalue weighted by atomic mass is 16.5. The number of carbonyl (C=O) groups is 2. The minimum atomic E-state index is -1.04. The molecule has 3 rings (SSSR count). The first-order valence-electron chi connectivity index (χ1n) is 10.0. The van der Waals surface area contributed by atoms with E-state index >= 15 is 0 Å². The van der Waals surface area contributed by atoms with Crippen LogP contribution in [0.2, 0.25) is 0 Å². The van der Waals surface area contributed by atoms with Gasteiger partial charge in [0.2, 0.25) is 0 Å². The van der Waals surface area contributed by atoms with Crippen LogP contribution < -0.4 is 9.47 Å². The van der Waals surface area contributed by atoms with Gasteiger partial charge in [-0.2, -0.15) is 0 Å². The van der Waals surface area contributed by atoms with Crippen LogP contribution >= 0.6 is 0 Å². The lowest BCUT2D eigenvalue weighted by atomic mass is 10.0. The number of aromatic nitrogens is 3. The summed E-state index contributed by atoms with van der Waals surface area (Å²) in [6, 6.07) is 9.36. The number of ether oxygens (including phenoxy) is 2. The molecule has 1 heterocycles. The number of hydrogen-bond donors (Lipinski definition) is 1. The van der Waals surface area contributed by atoms with Crippen LogP contribution in [0, 0.1) is 5.92 Å². The zero-order valence-electron chi connectivity index (χ0n) is 18.4. The van der Waals surface area contributed by atoms with Crippen molar-refractivity contribution in [1.29, 1.82) is 0 Å². The number of aromatic carboxylic acids is 1. The summed E-state index contributed by atoms with van der Waals surface area (Å²) in [7, 11) is 3.11. The fourth-order valence-corrected chi connectivity index (χ4v) is 3.26. The fraction of sp³-hybridized carbons (Fsp3) is 0.250. The van der Waals surface area contributed by atoms with Gasteiger partial charge in [-0.25, -0.2) is 4.79 Å². The van der Waals surface area contributed by atoms with Crippen molar-refractivity contribution in [2.45, 2.75) is 20.4 Å². The Balaban J connectivity index is 1.97. The number of hydrogen-bond acceptors (Lipinski definition) is 6. The number of ketones is 1. The lowest BCUT2D eigenvalue weighted by Crippen LogP contribution is -2.06. The van der Waals surface area contributed by atoms with Gasteiger partial charge in [-0.15, -0.1) is 10.2 Å². The van der Waals surface area contributed by atoms with E-state index in [1.807, 2.05) is 10.6 Å². The number of methoxy groups -OCH3 is 2. The molecule has 0 amide bonds. The molecule has 3 aromatic rings. The minimum Gasteiger partial charge on any atom is -0.496 e. The van der Waals surface area contributed by atoms with Gasteiger partial charge >= 0.3 is 5.97 Å². The molecule has 0 saturated carbocycles. The molecule has 0 atom stereocenters. The first kappa shape index (κ1) is 22.7. The van der Waals surface area contributed by atoms with E-state index in [0.29, 0.717) is 34.4 Å². The van der Waals surface area contributed by atoms with E-state index in [-0.39, 0.29) is 11.3 Å². The molecular weight excluding hydrogens is 410 g/mol. The lowest BCUT2D eigenvalue weighted by Gasteiger charge is -2.15. The summed E-state index contributed by atoms with van der Waals surface area (Å²) in [5, 5.41) is 17.3. The maximum atomic E-state index is 12.6. The average molecular weight is 435 g/mol. The summed E-state index contributed by atoms with van der Waals surface area (Å²) in [5.74, 6) is 0.866. The van der Waals surface area contributed by atoms with Crippen molar-refractivity contribution in [2.24, 2.45) is 5.92 Å². The molecule has 0 saturated heterocycles. The Morgan fingerprint density at radius 2 is 1.72 bits per heavy atom. The zero-order chi connectivity index (χ0) is 23.3. The predicted molar refractivity (Wildman–Crippen MR) is 120 cm³/mol. The van der Waals surface area contributed by atoms with E-state index in [9.17, 15) is 9.59 Å². The highest BCUT2D eigenvalue weighted by molar-refractivity contribution is 6.07. The lowest BCUT2D eigenvalue weighted by molar-refractivity contribution is 0.0696. The largest absolute Gasteiger partial charge is 0.496 e. The van der Waals surface area contributed by atoms with Crippen molar-refractivity contribution < 1.29 is 24.2 Å². The van der Waals surface area contributed by atoms with Crippen LogP contribution in [-0.4, -0.2) is 45.8 Å². The molecule has 0 spiro atoms. The Morgan fingerprint density at radius 3 is 2.31 bits per heavy atom. The van der Waals surface area contributed by atoms with E-state index < -0.39 is 5.97 Å². The van der Waals surface area contributed by atoms with Gasteiger partial charge in [0.15, 0.2) is 11.6 Å². The van der Waals surface area contributed by atoms with E-state index in [0.717, 1.165) is 12.1 Å². The molecule has 1 N–H and O–H groups in total. The van der Waals surface area contributed by atoms with Gasteiger partial charge in [0.1, 0.15) is 17.8 Å². The molecule has 0 aliphatic carbocycles. The number of rotatable bonds is 9. The Morgan fingerprint density at radius 1 is 1.06 bits per heavy atom. The number of carboxylic acids is 1. The molecule has 0 aliphatic rings. The Hall–Kier alpha value is -3.94. The number of carboxylic acid groups (broad SMARTS) is 1. The summed E-state index contributed by atoms with van der Waals surface area (Å²) in [6.45, 7) is 4.96. The third-order valence-electron chi connectivity index (χ3n) is 4.80. The van der Waals surface area contributed by atoms with Crippen LogP contribution in [0.3, 0.4) is 0 Å². The van der Waals surface area contributed by atoms with Gasteiger partial charge in [-0.1, -0.05) is 26.0 Å². The molecular formula is C24H25N3O5. The number of nitrogens with zero attached hydrogens (tertiary/aromatic N) is 3. The molecule has 0 radical (unpaired) electrons. The normalized spacial score (nSPS) is 11.2. The first-order valence-corrected chi connectivity index (χ1v) is 10.0. The SMILES string of the molecule is COc1cc(OC)c(-c2nncn2CC(C)C)cc1/C=C/C(=O)c1ccc(C(=O)O)cc1. The van der Waals surface area contributed by atoms with Crippen molar-refractivity contribution >= 4 is 17.8 Å².